The minimum absolute atomic E-state index is 0.0916. The van der Waals surface area contributed by atoms with Crippen molar-refractivity contribution >= 4 is 5.97 Å². The number of carbonyl (C=O) groups is 1. The number of ether oxygens (including phenoxy) is 1. The highest BCUT2D eigenvalue weighted by Gasteiger charge is 2.53. The van der Waals surface area contributed by atoms with Gasteiger partial charge in [-0.15, -0.1) is 0 Å². The molecule has 3 atom stereocenters. The Morgan fingerprint density at radius 2 is 1.95 bits per heavy atom. The van der Waals surface area contributed by atoms with Crippen molar-refractivity contribution in [2.45, 2.75) is 38.0 Å². The van der Waals surface area contributed by atoms with E-state index in [1.165, 1.54) is 0 Å². The number of hydrogen-bond donors (Lipinski definition) is 2. The van der Waals surface area contributed by atoms with Gasteiger partial charge in [-0.2, -0.15) is 0 Å². The number of nitrogens with two attached hydrogens (primary N) is 1. The van der Waals surface area contributed by atoms with Gasteiger partial charge >= 0.3 is 5.97 Å². The molecule has 0 heterocycles. The molecule has 20 heavy (non-hydrogen) atoms. The summed E-state index contributed by atoms with van der Waals surface area (Å²) in [6.07, 6.45) is 3.11. The van der Waals surface area contributed by atoms with Gasteiger partial charge in [0.2, 0.25) is 5.79 Å². The van der Waals surface area contributed by atoms with Crippen molar-refractivity contribution in [3.05, 3.63) is 35.9 Å². The lowest BCUT2D eigenvalue weighted by Gasteiger charge is -2.53. The van der Waals surface area contributed by atoms with Crippen molar-refractivity contribution in [3.63, 3.8) is 0 Å². The summed E-state index contributed by atoms with van der Waals surface area (Å²) in [7, 11) is 0. The summed E-state index contributed by atoms with van der Waals surface area (Å²) >= 11 is 0. The molecule has 0 saturated heterocycles. The summed E-state index contributed by atoms with van der Waals surface area (Å²) in [4.78, 5) is 12.1. The Hall–Kier alpha value is -1.39. The van der Waals surface area contributed by atoms with Crippen LogP contribution in [0.3, 0.4) is 0 Å². The smallest absolute Gasteiger partial charge is 0.340 e. The van der Waals surface area contributed by atoms with Crippen molar-refractivity contribution in [1.82, 2.24) is 0 Å². The van der Waals surface area contributed by atoms with Gasteiger partial charge in [-0.05, 0) is 43.2 Å². The topological polar surface area (TPSA) is 72.5 Å². The van der Waals surface area contributed by atoms with E-state index in [1.54, 1.807) is 31.2 Å². The third kappa shape index (κ3) is 2.34. The number of hydrogen-bond acceptors (Lipinski definition) is 4. The van der Waals surface area contributed by atoms with Gasteiger partial charge in [0.15, 0.2) is 0 Å². The van der Waals surface area contributed by atoms with Crippen molar-refractivity contribution in [3.8, 4) is 0 Å². The molecule has 4 nitrogen and oxygen atoms in total. The Kier molecular flexibility index (Phi) is 3.30. The van der Waals surface area contributed by atoms with Gasteiger partial charge in [0, 0.05) is 18.9 Å². The van der Waals surface area contributed by atoms with E-state index in [0.717, 1.165) is 19.3 Å². The number of carbonyl (C=O) groups excluding carboxylic acids is 1. The van der Waals surface area contributed by atoms with E-state index in [4.69, 9.17) is 10.5 Å². The molecule has 4 rings (SSSR count). The second kappa shape index (κ2) is 4.86. The lowest BCUT2D eigenvalue weighted by Crippen LogP contribution is -2.59. The number of benzene rings is 1. The summed E-state index contributed by atoms with van der Waals surface area (Å²) in [5, 5.41) is 10.6. The first-order valence-corrected chi connectivity index (χ1v) is 7.23. The third-order valence-electron chi connectivity index (χ3n) is 4.77. The molecule has 3 saturated carbocycles. The van der Waals surface area contributed by atoms with Gasteiger partial charge in [-0.3, -0.25) is 0 Å². The fourth-order valence-corrected chi connectivity index (χ4v) is 3.88. The average molecular weight is 275 g/mol. The molecule has 1 aromatic rings. The fraction of sp³-hybridized carbons (Fsp3) is 0.562. The number of fused-ring (bicyclic) bond motifs is 2. The zero-order valence-electron chi connectivity index (χ0n) is 11.7. The second-order valence-electron chi connectivity index (χ2n) is 6.33. The van der Waals surface area contributed by atoms with E-state index >= 15 is 0 Å². The molecule has 0 spiro atoms. The SMILES string of the molecule is CC(O)(OC(=O)c1ccccc1)C1C(N)CC2CC1C2. The Morgan fingerprint density at radius 3 is 2.55 bits per heavy atom. The van der Waals surface area contributed by atoms with Crippen molar-refractivity contribution < 1.29 is 14.6 Å². The Balaban J connectivity index is 1.73. The first-order valence-electron chi connectivity index (χ1n) is 7.23. The predicted molar refractivity (Wildman–Crippen MR) is 74.8 cm³/mol. The van der Waals surface area contributed by atoms with E-state index < -0.39 is 11.8 Å². The van der Waals surface area contributed by atoms with Gasteiger partial charge < -0.3 is 15.6 Å². The zero-order chi connectivity index (χ0) is 14.3. The largest absolute Gasteiger partial charge is 0.430 e. The molecule has 0 aromatic heterocycles. The Bertz CT molecular complexity index is 492. The number of rotatable bonds is 3. The third-order valence-corrected chi connectivity index (χ3v) is 4.77. The van der Waals surface area contributed by atoms with Crippen LogP contribution in [0.4, 0.5) is 0 Å². The van der Waals surface area contributed by atoms with E-state index in [9.17, 15) is 9.90 Å². The number of esters is 1. The first-order chi connectivity index (χ1) is 9.47. The summed E-state index contributed by atoms with van der Waals surface area (Å²) in [5.41, 5.74) is 6.60. The summed E-state index contributed by atoms with van der Waals surface area (Å²) in [6.45, 7) is 1.57. The molecule has 3 fully saturated rings. The van der Waals surface area contributed by atoms with Gasteiger partial charge in [0.1, 0.15) is 0 Å². The van der Waals surface area contributed by atoms with Crippen LogP contribution in [0.1, 0.15) is 36.5 Å². The van der Waals surface area contributed by atoms with Gasteiger partial charge in [-0.25, -0.2) is 4.79 Å². The molecule has 3 unspecified atom stereocenters. The van der Waals surface area contributed by atoms with Crippen LogP contribution in [0.5, 0.6) is 0 Å². The monoisotopic (exact) mass is 275 g/mol. The molecular formula is C16H21NO3. The lowest BCUT2D eigenvalue weighted by molar-refractivity contribution is -0.227. The Morgan fingerprint density at radius 1 is 1.30 bits per heavy atom. The summed E-state index contributed by atoms with van der Waals surface area (Å²) < 4.78 is 5.37. The van der Waals surface area contributed by atoms with E-state index in [1.807, 2.05) is 6.07 Å². The standard InChI is InChI=1S/C16H21NO3/c1-16(19,14-12-7-10(8-12)9-13(14)17)20-15(18)11-5-3-2-4-6-11/h2-6,10,12-14,19H,7-9,17H2,1H3. The van der Waals surface area contributed by atoms with Gasteiger partial charge in [-0.1, -0.05) is 18.2 Å². The highest BCUT2D eigenvalue weighted by atomic mass is 16.7. The Labute approximate surface area is 118 Å². The summed E-state index contributed by atoms with van der Waals surface area (Å²) in [6, 6.07) is 8.64. The van der Waals surface area contributed by atoms with Crippen molar-refractivity contribution in [1.29, 1.82) is 0 Å². The van der Waals surface area contributed by atoms with Crippen LogP contribution in [0, 0.1) is 17.8 Å². The van der Waals surface area contributed by atoms with Crippen LogP contribution < -0.4 is 5.73 Å². The van der Waals surface area contributed by atoms with Gasteiger partial charge in [0.05, 0.1) is 5.56 Å². The van der Waals surface area contributed by atoms with Crippen molar-refractivity contribution in [2.75, 3.05) is 0 Å². The minimum Gasteiger partial charge on any atom is -0.430 e. The maximum atomic E-state index is 12.1. The fourth-order valence-electron chi connectivity index (χ4n) is 3.88. The first kappa shape index (κ1) is 13.6. The molecule has 4 heteroatoms. The van der Waals surface area contributed by atoms with E-state index in [-0.39, 0.29) is 12.0 Å². The zero-order valence-corrected chi connectivity index (χ0v) is 11.7. The molecule has 2 bridgehead atoms. The molecular weight excluding hydrogens is 254 g/mol. The van der Waals surface area contributed by atoms with Crippen LogP contribution in [-0.2, 0) is 4.74 Å². The second-order valence-corrected chi connectivity index (χ2v) is 6.33. The van der Waals surface area contributed by atoms with Crippen LogP contribution in [0.2, 0.25) is 0 Å². The molecule has 3 N–H and O–H groups in total. The maximum Gasteiger partial charge on any atom is 0.340 e. The molecule has 1 aromatic carbocycles. The predicted octanol–water partition coefficient (Wildman–Crippen LogP) is 1.93. The minimum atomic E-state index is -1.50. The van der Waals surface area contributed by atoms with E-state index in [0.29, 0.717) is 17.4 Å². The molecule has 3 aliphatic carbocycles. The molecule has 0 amide bonds. The summed E-state index contributed by atoms with van der Waals surface area (Å²) in [5.74, 6) is -1.08. The molecule has 108 valence electrons. The highest BCUT2D eigenvalue weighted by molar-refractivity contribution is 5.89. The quantitative estimate of drug-likeness (QED) is 0.653. The van der Waals surface area contributed by atoms with Crippen LogP contribution in [0.25, 0.3) is 0 Å². The molecule has 0 radical (unpaired) electrons. The van der Waals surface area contributed by atoms with Crippen LogP contribution >= 0.6 is 0 Å². The maximum absolute atomic E-state index is 12.1. The normalized spacial score (nSPS) is 34.8. The number of aliphatic hydroxyl groups is 1. The van der Waals surface area contributed by atoms with Crippen LogP contribution in [-0.4, -0.2) is 22.9 Å². The average Bonchev–Trinajstić information content (AvgIpc) is 2.37. The van der Waals surface area contributed by atoms with Crippen LogP contribution in [0.15, 0.2) is 30.3 Å². The van der Waals surface area contributed by atoms with Crippen molar-refractivity contribution in [2.24, 2.45) is 23.5 Å². The van der Waals surface area contributed by atoms with E-state index in [2.05, 4.69) is 0 Å². The molecule has 3 aliphatic rings. The molecule has 0 aliphatic heterocycles. The highest BCUT2D eigenvalue weighted by Crippen LogP contribution is 2.52. The lowest BCUT2D eigenvalue weighted by atomic mass is 9.56. The van der Waals surface area contributed by atoms with Gasteiger partial charge in [0.25, 0.3) is 0 Å².